The Bertz CT molecular complexity index is 625. The van der Waals surface area contributed by atoms with Gasteiger partial charge in [0.05, 0.1) is 31.1 Å². The second kappa shape index (κ2) is 9.89. The maximum atomic E-state index is 12.7. The molecule has 1 atom stereocenters. The van der Waals surface area contributed by atoms with Gasteiger partial charge in [0.1, 0.15) is 5.82 Å². The zero-order chi connectivity index (χ0) is 19.1. The van der Waals surface area contributed by atoms with Gasteiger partial charge in [-0.3, -0.25) is 14.6 Å². The zero-order valence-corrected chi connectivity index (χ0v) is 16.5. The number of nitrogens with zero attached hydrogens (tertiary/aromatic N) is 4. The predicted octanol–water partition coefficient (Wildman–Crippen LogP) is 0.400. The molecule has 0 spiro atoms. The standard InChI is InChI=1S/C18H27N5O3S/c1-27-13-17(24)23-8-9-26-12-14(11-23)18(25)21-15-2-6-22(7-3-15)16-10-19-4-5-20-16/h4-5,10,14-15H,2-3,6-9,11-13H2,1H3,(H,21,25). The normalized spacial score (nSPS) is 21.6. The first-order chi connectivity index (χ1) is 13.2. The number of anilines is 1. The lowest BCUT2D eigenvalue weighted by Gasteiger charge is -2.33. The van der Waals surface area contributed by atoms with E-state index in [0.29, 0.717) is 32.1 Å². The monoisotopic (exact) mass is 393 g/mol. The van der Waals surface area contributed by atoms with Crippen molar-refractivity contribution < 1.29 is 14.3 Å². The van der Waals surface area contributed by atoms with Crippen LogP contribution < -0.4 is 10.2 Å². The van der Waals surface area contributed by atoms with Crippen LogP contribution in [0.4, 0.5) is 5.82 Å². The number of thioether (sulfide) groups is 1. The second-order valence-corrected chi connectivity index (χ2v) is 7.74. The zero-order valence-electron chi connectivity index (χ0n) is 15.7. The molecule has 9 heteroatoms. The molecule has 0 saturated carbocycles. The van der Waals surface area contributed by atoms with Crippen LogP contribution in [0.15, 0.2) is 18.6 Å². The van der Waals surface area contributed by atoms with Gasteiger partial charge in [-0.15, -0.1) is 0 Å². The Kier molecular flexibility index (Phi) is 7.28. The molecular weight excluding hydrogens is 366 g/mol. The highest BCUT2D eigenvalue weighted by atomic mass is 32.2. The molecule has 27 heavy (non-hydrogen) atoms. The molecule has 2 aliphatic heterocycles. The third-order valence-electron chi connectivity index (χ3n) is 4.97. The molecule has 2 amide bonds. The van der Waals surface area contributed by atoms with Crippen molar-refractivity contribution in [2.24, 2.45) is 5.92 Å². The number of amides is 2. The van der Waals surface area contributed by atoms with Crippen LogP contribution in [-0.2, 0) is 14.3 Å². The van der Waals surface area contributed by atoms with E-state index in [1.165, 1.54) is 11.8 Å². The summed E-state index contributed by atoms with van der Waals surface area (Å²) in [4.78, 5) is 37.3. The fourth-order valence-electron chi connectivity index (χ4n) is 3.44. The van der Waals surface area contributed by atoms with E-state index < -0.39 is 0 Å². The van der Waals surface area contributed by atoms with E-state index in [2.05, 4.69) is 20.2 Å². The molecular formula is C18H27N5O3S. The lowest BCUT2D eigenvalue weighted by Crippen LogP contribution is -2.49. The van der Waals surface area contributed by atoms with E-state index in [1.54, 1.807) is 23.5 Å². The fraction of sp³-hybridized carbons (Fsp3) is 0.667. The van der Waals surface area contributed by atoms with Gasteiger partial charge in [0, 0.05) is 44.6 Å². The Morgan fingerprint density at radius 3 is 2.81 bits per heavy atom. The van der Waals surface area contributed by atoms with Gasteiger partial charge in [0.2, 0.25) is 11.8 Å². The summed E-state index contributed by atoms with van der Waals surface area (Å²) in [5.74, 6) is 1.06. The van der Waals surface area contributed by atoms with Crippen molar-refractivity contribution in [1.29, 1.82) is 0 Å². The van der Waals surface area contributed by atoms with Gasteiger partial charge in [0.25, 0.3) is 0 Å². The molecule has 1 N–H and O–H groups in total. The van der Waals surface area contributed by atoms with Gasteiger partial charge in [0.15, 0.2) is 0 Å². The molecule has 8 nitrogen and oxygen atoms in total. The number of rotatable bonds is 5. The Morgan fingerprint density at radius 2 is 2.11 bits per heavy atom. The number of carbonyl (C=O) groups excluding carboxylic acids is 2. The van der Waals surface area contributed by atoms with Crippen molar-refractivity contribution in [2.45, 2.75) is 18.9 Å². The Morgan fingerprint density at radius 1 is 1.30 bits per heavy atom. The van der Waals surface area contributed by atoms with Crippen LogP contribution in [0.1, 0.15) is 12.8 Å². The van der Waals surface area contributed by atoms with Crippen LogP contribution in [-0.4, -0.2) is 84.1 Å². The molecule has 2 fully saturated rings. The number of piperidine rings is 1. The largest absolute Gasteiger partial charge is 0.379 e. The van der Waals surface area contributed by atoms with Crippen LogP contribution in [0.5, 0.6) is 0 Å². The third-order valence-corrected chi connectivity index (χ3v) is 5.51. The molecule has 1 unspecified atom stereocenters. The van der Waals surface area contributed by atoms with Gasteiger partial charge >= 0.3 is 0 Å². The molecule has 0 radical (unpaired) electrons. The topological polar surface area (TPSA) is 87.7 Å². The van der Waals surface area contributed by atoms with Gasteiger partial charge in [-0.05, 0) is 19.1 Å². The van der Waals surface area contributed by atoms with Crippen LogP contribution in [0.25, 0.3) is 0 Å². The third kappa shape index (κ3) is 5.55. The van der Waals surface area contributed by atoms with Crippen LogP contribution in [0.3, 0.4) is 0 Å². The summed E-state index contributed by atoms with van der Waals surface area (Å²) in [6.45, 7) is 3.52. The van der Waals surface area contributed by atoms with Crippen molar-refractivity contribution in [2.75, 3.05) is 56.3 Å². The minimum absolute atomic E-state index is 0.0168. The molecule has 0 bridgehead atoms. The number of aromatic nitrogens is 2. The van der Waals surface area contributed by atoms with Gasteiger partial charge in [-0.25, -0.2) is 4.98 Å². The van der Waals surface area contributed by atoms with E-state index >= 15 is 0 Å². The number of hydrogen-bond donors (Lipinski definition) is 1. The van der Waals surface area contributed by atoms with E-state index in [9.17, 15) is 9.59 Å². The molecule has 2 saturated heterocycles. The van der Waals surface area contributed by atoms with E-state index in [-0.39, 0.29) is 23.8 Å². The summed E-state index contributed by atoms with van der Waals surface area (Å²) in [6.07, 6.45) is 8.76. The van der Waals surface area contributed by atoms with Crippen LogP contribution >= 0.6 is 11.8 Å². The fourth-order valence-corrected chi connectivity index (χ4v) is 3.87. The Hall–Kier alpha value is -1.87. The summed E-state index contributed by atoms with van der Waals surface area (Å²) >= 11 is 1.50. The highest BCUT2D eigenvalue weighted by Gasteiger charge is 2.29. The van der Waals surface area contributed by atoms with Crippen LogP contribution in [0, 0.1) is 5.92 Å². The predicted molar refractivity (Wildman–Crippen MR) is 105 cm³/mol. The molecule has 2 aliphatic rings. The first kappa shape index (κ1) is 19.9. The minimum Gasteiger partial charge on any atom is -0.379 e. The maximum absolute atomic E-state index is 12.7. The number of carbonyl (C=O) groups is 2. The molecule has 3 rings (SSSR count). The summed E-state index contributed by atoms with van der Waals surface area (Å²) < 4.78 is 5.57. The van der Waals surface area contributed by atoms with Crippen LogP contribution in [0.2, 0.25) is 0 Å². The quantitative estimate of drug-likeness (QED) is 0.775. The molecule has 0 aromatic carbocycles. The number of ether oxygens (including phenoxy) is 1. The highest BCUT2D eigenvalue weighted by Crippen LogP contribution is 2.17. The highest BCUT2D eigenvalue weighted by molar-refractivity contribution is 7.99. The first-order valence-corrected chi connectivity index (χ1v) is 10.7. The smallest absolute Gasteiger partial charge is 0.232 e. The number of nitrogens with one attached hydrogen (secondary N) is 1. The molecule has 3 heterocycles. The lowest BCUT2D eigenvalue weighted by atomic mass is 10.0. The van der Waals surface area contributed by atoms with Gasteiger partial charge < -0.3 is 19.9 Å². The molecule has 0 aliphatic carbocycles. The maximum Gasteiger partial charge on any atom is 0.232 e. The van der Waals surface area contributed by atoms with E-state index in [4.69, 9.17) is 4.74 Å². The van der Waals surface area contributed by atoms with E-state index in [1.807, 2.05) is 6.26 Å². The summed E-state index contributed by atoms with van der Waals surface area (Å²) in [6, 6.07) is 0.143. The summed E-state index contributed by atoms with van der Waals surface area (Å²) in [7, 11) is 0. The van der Waals surface area contributed by atoms with E-state index in [0.717, 1.165) is 31.7 Å². The van der Waals surface area contributed by atoms with Gasteiger partial charge in [-0.1, -0.05) is 0 Å². The average molecular weight is 394 g/mol. The minimum atomic E-state index is -0.309. The van der Waals surface area contributed by atoms with Crippen molar-refractivity contribution in [3.05, 3.63) is 18.6 Å². The average Bonchev–Trinajstić information content (AvgIpc) is 2.96. The first-order valence-electron chi connectivity index (χ1n) is 9.33. The Labute approximate surface area is 164 Å². The SMILES string of the molecule is CSCC(=O)N1CCOCC(C(=O)NC2CCN(c3cnccn3)CC2)C1. The van der Waals surface area contributed by atoms with Crippen molar-refractivity contribution >= 4 is 29.4 Å². The molecule has 148 valence electrons. The van der Waals surface area contributed by atoms with Gasteiger partial charge in [-0.2, -0.15) is 11.8 Å². The molecule has 1 aromatic rings. The Balaban J connectivity index is 1.49. The molecule has 1 aromatic heterocycles. The summed E-state index contributed by atoms with van der Waals surface area (Å²) in [5, 5.41) is 3.16. The van der Waals surface area contributed by atoms with Crippen molar-refractivity contribution in [3.8, 4) is 0 Å². The van der Waals surface area contributed by atoms with Crippen molar-refractivity contribution in [3.63, 3.8) is 0 Å². The second-order valence-electron chi connectivity index (χ2n) is 6.88. The number of hydrogen-bond acceptors (Lipinski definition) is 7. The lowest BCUT2D eigenvalue weighted by molar-refractivity contribution is -0.131. The van der Waals surface area contributed by atoms with Crippen molar-refractivity contribution in [1.82, 2.24) is 20.2 Å². The summed E-state index contributed by atoms with van der Waals surface area (Å²) in [5.41, 5.74) is 0.